The summed E-state index contributed by atoms with van der Waals surface area (Å²) in [6.07, 6.45) is 2.46. The van der Waals surface area contributed by atoms with E-state index in [4.69, 9.17) is 20.9 Å². The number of benzene rings is 2. The zero-order chi connectivity index (χ0) is 30.7. The van der Waals surface area contributed by atoms with Crippen LogP contribution in [0.15, 0.2) is 46.2 Å². The third-order valence-electron chi connectivity index (χ3n) is 5.17. The Morgan fingerprint density at radius 2 is 1.05 bits per heavy atom. The summed E-state index contributed by atoms with van der Waals surface area (Å²) in [7, 11) is -6.91. The third kappa shape index (κ3) is 7.31. The minimum Gasteiger partial charge on any atom is -0.467 e. The molecule has 0 amide bonds. The highest BCUT2D eigenvalue weighted by Gasteiger charge is 2.18. The number of aromatic nitrogens is 6. The molecule has 0 saturated heterocycles. The Morgan fingerprint density at radius 3 is 1.38 bits per heavy atom. The van der Waals surface area contributed by atoms with Crippen LogP contribution in [0.4, 0.5) is 35.2 Å². The topological polar surface area (TPSA) is 281 Å². The van der Waals surface area contributed by atoms with Crippen molar-refractivity contribution in [1.82, 2.24) is 29.9 Å². The molecule has 0 saturated carbocycles. The number of nitrogens with one attached hydrogen (secondary N) is 2. The Bertz CT molecular complexity index is 1770. The molecule has 0 bridgehead atoms. The van der Waals surface area contributed by atoms with Gasteiger partial charge in [-0.1, -0.05) is 24.3 Å². The van der Waals surface area contributed by atoms with Gasteiger partial charge >= 0.3 is 12.0 Å². The van der Waals surface area contributed by atoms with Crippen LogP contribution in [0.1, 0.15) is 11.1 Å². The smallest absolute Gasteiger partial charge is 0.322 e. The molecular formula is C22H22N10O8S2. The fourth-order valence-corrected chi connectivity index (χ4v) is 4.84. The SMILES string of the molecule is COc1nc(N)nc(Nc2ccc(C=Cc3ccc(Nc4nc(N)nc(OC)n4)cc3S(=O)(=O)O)c(S(=O)(=O)O)c2)n1. The first-order chi connectivity index (χ1) is 19.7. The maximum absolute atomic E-state index is 12.2. The molecule has 18 nitrogen and oxygen atoms in total. The lowest BCUT2D eigenvalue weighted by molar-refractivity contribution is 0.379. The van der Waals surface area contributed by atoms with Gasteiger partial charge in [0, 0.05) is 11.4 Å². The van der Waals surface area contributed by atoms with Crippen molar-refractivity contribution < 1.29 is 35.4 Å². The molecule has 0 aliphatic carbocycles. The van der Waals surface area contributed by atoms with E-state index in [1.807, 2.05) is 0 Å². The molecule has 0 atom stereocenters. The maximum Gasteiger partial charge on any atom is 0.322 e. The van der Waals surface area contributed by atoms with Gasteiger partial charge in [0.25, 0.3) is 20.2 Å². The zero-order valence-corrected chi connectivity index (χ0v) is 23.3. The molecule has 0 aliphatic heterocycles. The van der Waals surface area contributed by atoms with E-state index in [2.05, 4.69) is 40.5 Å². The van der Waals surface area contributed by atoms with Gasteiger partial charge in [-0.15, -0.1) is 0 Å². The summed E-state index contributed by atoms with van der Waals surface area (Å²) in [5.74, 6) is -0.443. The Hall–Kier alpha value is -5.18. The quantitative estimate of drug-likeness (QED) is 0.108. The number of hydrogen-bond acceptors (Lipinski definition) is 16. The van der Waals surface area contributed by atoms with E-state index in [0.717, 1.165) is 12.1 Å². The number of ether oxygens (including phenoxy) is 2. The van der Waals surface area contributed by atoms with E-state index < -0.39 is 30.0 Å². The van der Waals surface area contributed by atoms with Crippen LogP contribution >= 0.6 is 0 Å². The highest BCUT2D eigenvalue weighted by atomic mass is 32.2. The van der Waals surface area contributed by atoms with Gasteiger partial charge in [-0.3, -0.25) is 9.11 Å². The largest absolute Gasteiger partial charge is 0.467 e. The zero-order valence-electron chi connectivity index (χ0n) is 21.6. The van der Waals surface area contributed by atoms with E-state index in [9.17, 15) is 25.9 Å². The van der Waals surface area contributed by atoms with E-state index in [-0.39, 0.29) is 58.3 Å². The van der Waals surface area contributed by atoms with Gasteiger partial charge < -0.3 is 31.6 Å². The number of methoxy groups -OCH3 is 2. The molecule has 20 heteroatoms. The van der Waals surface area contributed by atoms with Crippen LogP contribution in [-0.2, 0) is 20.2 Å². The number of anilines is 6. The number of hydrogen-bond donors (Lipinski definition) is 6. The summed E-state index contributed by atoms with van der Waals surface area (Å²) in [4.78, 5) is 22.1. The van der Waals surface area contributed by atoms with Crippen LogP contribution in [0.5, 0.6) is 12.0 Å². The number of rotatable bonds is 10. The first kappa shape index (κ1) is 29.8. The average molecular weight is 619 g/mol. The molecule has 0 spiro atoms. The highest BCUT2D eigenvalue weighted by Crippen LogP contribution is 2.28. The van der Waals surface area contributed by atoms with Crippen LogP contribution in [0.3, 0.4) is 0 Å². The van der Waals surface area contributed by atoms with Crippen LogP contribution in [-0.4, -0.2) is 70.1 Å². The average Bonchev–Trinajstić information content (AvgIpc) is 2.91. The number of nitrogens with two attached hydrogens (primary N) is 2. The Morgan fingerprint density at radius 1 is 0.667 bits per heavy atom. The Balaban J connectivity index is 1.68. The predicted octanol–water partition coefficient (Wildman–Crippen LogP) is 1.39. The van der Waals surface area contributed by atoms with Crippen LogP contribution in [0.2, 0.25) is 0 Å². The minimum absolute atomic E-state index is 0.0213. The summed E-state index contributed by atoms with van der Waals surface area (Å²) in [6, 6.07) is 7.52. The van der Waals surface area contributed by atoms with Crippen LogP contribution in [0.25, 0.3) is 12.2 Å². The number of nitrogens with zero attached hydrogens (tertiary/aromatic N) is 6. The van der Waals surface area contributed by atoms with E-state index >= 15 is 0 Å². The van der Waals surface area contributed by atoms with Crippen molar-refractivity contribution in [3.8, 4) is 12.0 Å². The summed E-state index contributed by atoms with van der Waals surface area (Å²) in [6.45, 7) is 0. The molecule has 2 heterocycles. The first-order valence-corrected chi connectivity index (χ1v) is 14.2. The van der Waals surface area contributed by atoms with Crippen molar-refractivity contribution in [2.24, 2.45) is 0 Å². The molecule has 220 valence electrons. The molecule has 42 heavy (non-hydrogen) atoms. The molecule has 4 aromatic rings. The second kappa shape index (κ2) is 11.7. The lowest BCUT2D eigenvalue weighted by Gasteiger charge is -2.11. The fraction of sp³-hybridized carbons (Fsp3) is 0.0909. The standard InChI is InChI=1S/C22H22N10O8S2/c1-39-21-29-17(23)27-19(31-21)25-13-7-5-11(15(9-13)41(33,34)35)3-4-12-6-8-14(10-16(12)42(36,37)38)26-20-28-18(24)30-22(32-20)40-2/h3-10H,1-2H3,(H,33,34,35)(H,36,37,38)(H3,23,25,27,29,31)(H3,24,26,28,30,32). The van der Waals surface area contributed by atoms with Gasteiger partial charge in [0.2, 0.25) is 23.8 Å². The Labute approximate surface area is 238 Å². The lowest BCUT2D eigenvalue weighted by atomic mass is 10.1. The number of nitrogen functional groups attached to an aromatic ring is 2. The van der Waals surface area contributed by atoms with Gasteiger partial charge in [-0.05, 0) is 35.4 Å². The van der Waals surface area contributed by atoms with Crippen molar-refractivity contribution in [1.29, 1.82) is 0 Å². The van der Waals surface area contributed by atoms with Gasteiger partial charge in [0.1, 0.15) is 9.79 Å². The predicted molar refractivity (Wildman–Crippen MR) is 150 cm³/mol. The molecule has 8 N–H and O–H groups in total. The van der Waals surface area contributed by atoms with Crippen molar-refractivity contribution in [3.05, 3.63) is 47.5 Å². The molecular weight excluding hydrogens is 596 g/mol. The summed E-state index contributed by atoms with van der Waals surface area (Å²) in [5, 5.41) is 5.46. The van der Waals surface area contributed by atoms with Crippen LogP contribution < -0.4 is 31.6 Å². The molecule has 0 radical (unpaired) electrons. The lowest BCUT2D eigenvalue weighted by Crippen LogP contribution is -2.07. The van der Waals surface area contributed by atoms with Crippen molar-refractivity contribution in [2.75, 3.05) is 36.3 Å². The Kier molecular flexibility index (Phi) is 8.33. The monoisotopic (exact) mass is 618 g/mol. The van der Waals surface area contributed by atoms with Crippen molar-refractivity contribution in [2.45, 2.75) is 9.79 Å². The molecule has 2 aromatic heterocycles. The van der Waals surface area contributed by atoms with Crippen LogP contribution in [0, 0.1) is 0 Å². The van der Waals surface area contributed by atoms with E-state index in [1.165, 1.54) is 50.6 Å². The molecule has 0 unspecified atom stereocenters. The van der Waals surface area contributed by atoms with Gasteiger partial charge in [0.15, 0.2) is 0 Å². The second-order valence-corrected chi connectivity index (χ2v) is 10.8. The van der Waals surface area contributed by atoms with E-state index in [1.54, 1.807) is 0 Å². The third-order valence-corrected chi connectivity index (χ3v) is 6.99. The normalized spacial score (nSPS) is 11.8. The highest BCUT2D eigenvalue weighted by molar-refractivity contribution is 7.86. The van der Waals surface area contributed by atoms with Gasteiger partial charge in [-0.25, -0.2) is 0 Å². The summed E-state index contributed by atoms with van der Waals surface area (Å²) >= 11 is 0. The summed E-state index contributed by atoms with van der Waals surface area (Å²) < 4.78 is 78.2. The molecule has 0 aliphatic rings. The van der Waals surface area contributed by atoms with E-state index in [0.29, 0.717) is 0 Å². The fourth-order valence-electron chi connectivity index (χ4n) is 3.42. The van der Waals surface area contributed by atoms with Gasteiger partial charge in [0.05, 0.1) is 14.2 Å². The molecule has 0 fully saturated rings. The van der Waals surface area contributed by atoms with Gasteiger partial charge in [-0.2, -0.15) is 46.7 Å². The van der Waals surface area contributed by atoms with Crippen molar-refractivity contribution in [3.63, 3.8) is 0 Å². The second-order valence-electron chi connectivity index (χ2n) is 8.05. The van der Waals surface area contributed by atoms with Crippen molar-refractivity contribution >= 4 is 67.6 Å². The molecule has 2 aromatic carbocycles. The molecule has 4 rings (SSSR count). The maximum atomic E-state index is 12.2. The minimum atomic E-state index is -4.77. The summed E-state index contributed by atoms with van der Waals surface area (Å²) in [5.41, 5.74) is 11.5. The first-order valence-electron chi connectivity index (χ1n) is 11.3.